The second-order valence-corrected chi connectivity index (χ2v) is 9.17. The van der Waals surface area contributed by atoms with Gasteiger partial charge in [-0.15, -0.1) is 0 Å². The van der Waals surface area contributed by atoms with E-state index in [9.17, 15) is 9.59 Å². The Balaban J connectivity index is 1.38. The highest BCUT2D eigenvalue weighted by Crippen LogP contribution is 2.13. The fourth-order valence-electron chi connectivity index (χ4n) is 3.59. The number of hydrogen-bond donors (Lipinski definition) is 2. The normalized spacial score (nSPS) is 10.9. The monoisotopic (exact) mass is 475 g/mol. The van der Waals surface area contributed by atoms with Crippen LogP contribution in [0.5, 0.6) is 0 Å². The molecule has 4 rings (SSSR count). The van der Waals surface area contributed by atoms with Gasteiger partial charge in [-0.3, -0.25) is 14.2 Å². The van der Waals surface area contributed by atoms with Gasteiger partial charge in [-0.25, -0.2) is 0 Å². The average Bonchev–Trinajstić information content (AvgIpc) is 2.84. The van der Waals surface area contributed by atoms with Crippen molar-refractivity contribution in [1.82, 2.24) is 14.9 Å². The van der Waals surface area contributed by atoms with Crippen molar-refractivity contribution in [2.75, 3.05) is 12.3 Å². The van der Waals surface area contributed by atoms with Crippen LogP contribution in [0.25, 0.3) is 10.9 Å². The number of rotatable bonds is 9. The van der Waals surface area contributed by atoms with Crippen LogP contribution in [0.3, 0.4) is 0 Å². The molecule has 0 saturated carbocycles. The largest absolute Gasteiger partial charge is 0.351 e. The predicted molar refractivity (Wildman–Crippen MR) is 138 cm³/mol. The summed E-state index contributed by atoms with van der Waals surface area (Å²) in [4.78, 5) is 28.7. The molecule has 2 N–H and O–H groups in total. The maximum absolute atomic E-state index is 13.0. The third-order valence-electron chi connectivity index (χ3n) is 5.35. The van der Waals surface area contributed by atoms with Gasteiger partial charge in [0.2, 0.25) is 0 Å². The molecule has 168 valence electrons. The highest BCUT2D eigenvalue weighted by molar-refractivity contribution is 7.98. The van der Waals surface area contributed by atoms with Crippen LogP contribution in [0.1, 0.15) is 21.5 Å². The number of amides is 1. The Labute approximate surface area is 201 Å². The van der Waals surface area contributed by atoms with Gasteiger partial charge >= 0.3 is 0 Å². The number of thioether (sulfide) groups is 1. The summed E-state index contributed by atoms with van der Waals surface area (Å²) in [6, 6.07) is 25.3. The molecule has 33 heavy (non-hydrogen) atoms. The van der Waals surface area contributed by atoms with E-state index in [0.717, 1.165) is 17.1 Å². The molecule has 4 aromatic rings. The third kappa shape index (κ3) is 6.00. The summed E-state index contributed by atoms with van der Waals surface area (Å²) in [5, 5.41) is 3.47. The molecule has 7 heteroatoms. The van der Waals surface area contributed by atoms with Crippen LogP contribution in [0.15, 0.2) is 83.7 Å². The van der Waals surface area contributed by atoms with Crippen molar-refractivity contribution in [2.24, 2.45) is 0 Å². The molecule has 0 aliphatic rings. The number of carbonyl (C=O) groups is 1. The molecule has 0 spiro atoms. The fourth-order valence-corrected chi connectivity index (χ4v) is 4.69. The smallest absolute Gasteiger partial charge is 0.262 e. The second-order valence-electron chi connectivity index (χ2n) is 7.68. The molecule has 0 aliphatic carbocycles. The van der Waals surface area contributed by atoms with E-state index in [2.05, 4.69) is 22.4 Å². The summed E-state index contributed by atoms with van der Waals surface area (Å²) in [5.74, 6) is 1.58. The molecule has 0 unspecified atom stereocenters. The molecular formula is C26H25N3O2S2. The molecule has 1 heterocycles. The van der Waals surface area contributed by atoms with Gasteiger partial charge in [0, 0.05) is 30.2 Å². The summed E-state index contributed by atoms with van der Waals surface area (Å²) >= 11 is 7.21. The lowest BCUT2D eigenvalue weighted by Gasteiger charge is -2.10. The van der Waals surface area contributed by atoms with E-state index in [-0.39, 0.29) is 11.5 Å². The Morgan fingerprint density at radius 2 is 1.67 bits per heavy atom. The Kier molecular flexibility index (Phi) is 7.75. The highest BCUT2D eigenvalue weighted by atomic mass is 32.2. The number of aryl methyl sites for hydroxylation is 1. The summed E-state index contributed by atoms with van der Waals surface area (Å²) in [6.07, 6.45) is 0.715. The van der Waals surface area contributed by atoms with E-state index in [4.69, 9.17) is 12.2 Å². The molecule has 0 atom stereocenters. The minimum Gasteiger partial charge on any atom is -0.351 e. The van der Waals surface area contributed by atoms with Crippen LogP contribution >= 0.6 is 24.0 Å². The first kappa shape index (κ1) is 23.0. The summed E-state index contributed by atoms with van der Waals surface area (Å²) in [5.41, 5.74) is 3.35. The number of hydrogen-bond acceptors (Lipinski definition) is 4. The van der Waals surface area contributed by atoms with Gasteiger partial charge in [0.15, 0.2) is 4.77 Å². The molecule has 1 aromatic heterocycles. The van der Waals surface area contributed by atoms with E-state index in [1.807, 2.05) is 48.5 Å². The lowest BCUT2D eigenvalue weighted by molar-refractivity contribution is 0.0956. The van der Waals surface area contributed by atoms with Crippen molar-refractivity contribution >= 4 is 40.8 Å². The molecule has 3 aromatic carbocycles. The number of H-pyrrole nitrogens is 1. The molecule has 0 fully saturated rings. The number of carbonyl (C=O) groups excluding carboxylic acids is 1. The molecule has 5 nitrogen and oxygen atoms in total. The lowest BCUT2D eigenvalue weighted by atomic mass is 10.1. The summed E-state index contributed by atoms with van der Waals surface area (Å²) < 4.78 is 1.94. The minimum atomic E-state index is -0.162. The average molecular weight is 476 g/mol. The highest BCUT2D eigenvalue weighted by Gasteiger charge is 2.10. The zero-order valence-corrected chi connectivity index (χ0v) is 19.8. The molecule has 1 amide bonds. The first-order valence-electron chi connectivity index (χ1n) is 10.8. The van der Waals surface area contributed by atoms with Crippen molar-refractivity contribution in [1.29, 1.82) is 0 Å². The number of aromatic amines is 1. The Morgan fingerprint density at radius 1 is 0.970 bits per heavy atom. The van der Waals surface area contributed by atoms with Gasteiger partial charge < -0.3 is 10.3 Å². The topological polar surface area (TPSA) is 66.9 Å². The van der Waals surface area contributed by atoms with E-state index in [1.54, 1.807) is 34.5 Å². The van der Waals surface area contributed by atoms with Gasteiger partial charge in [-0.1, -0.05) is 60.7 Å². The second kappa shape index (κ2) is 11.1. The molecule has 0 radical (unpaired) electrons. The summed E-state index contributed by atoms with van der Waals surface area (Å²) in [7, 11) is 0. The Bertz CT molecular complexity index is 1350. The van der Waals surface area contributed by atoms with Crippen LogP contribution in [0.2, 0.25) is 0 Å². The van der Waals surface area contributed by atoms with E-state index >= 15 is 0 Å². The number of benzene rings is 3. The lowest BCUT2D eigenvalue weighted by Crippen LogP contribution is -2.26. The van der Waals surface area contributed by atoms with Crippen molar-refractivity contribution in [3.8, 4) is 0 Å². The van der Waals surface area contributed by atoms with Gasteiger partial charge in [-0.2, -0.15) is 11.8 Å². The van der Waals surface area contributed by atoms with Crippen LogP contribution in [0, 0.1) is 4.77 Å². The zero-order valence-electron chi connectivity index (χ0n) is 18.1. The maximum atomic E-state index is 13.0. The third-order valence-corrected chi connectivity index (χ3v) is 6.71. The maximum Gasteiger partial charge on any atom is 0.262 e. The van der Waals surface area contributed by atoms with E-state index in [0.29, 0.717) is 40.7 Å². The molecule has 0 aliphatic heterocycles. The van der Waals surface area contributed by atoms with Crippen molar-refractivity contribution in [3.05, 3.63) is 111 Å². The predicted octanol–water partition coefficient (Wildman–Crippen LogP) is 4.96. The van der Waals surface area contributed by atoms with Crippen LogP contribution in [0.4, 0.5) is 0 Å². The minimum absolute atomic E-state index is 0.144. The van der Waals surface area contributed by atoms with Gasteiger partial charge in [0.25, 0.3) is 11.5 Å². The molecule has 0 bridgehead atoms. The van der Waals surface area contributed by atoms with Crippen molar-refractivity contribution < 1.29 is 4.79 Å². The van der Waals surface area contributed by atoms with Crippen LogP contribution in [-0.4, -0.2) is 27.8 Å². The number of nitrogens with one attached hydrogen (secondary N) is 2. The number of nitrogens with zero attached hydrogens (tertiary/aromatic N) is 1. The van der Waals surface area contributed by atoms with Crippen LogP contribution < -0.4 is 10.9 Å². The van der Waals surface area contributed by atoms with E-state index < -0.39 is 0 Å². The zero-order chi connectivity index (χ0) is 23.0. The quantitative estimate of drug-likeness (QED) is 0.265. The van der Waals surface area contributed by atoms with Gasteiger partial charge in [0.05, 0.1) is 10.9 Å². The molecular weight excluding hydrogens is 450 g/mol. The Hall–Kier alpha value is -3.16. The Morgan fingerprint density at radius 3 is 2.39 bits per heavy atom. The van der Waals surface area contributed by atoms with Crippen LogP contribution in [-0.2, 0) is 18.7 Å². The first-order valence-corrected chi connectivity index (χ1v) is 12.4. The number of aromatic nitrogens is 2. The first-order chi connectivity index (χ1) is 16.1. The fraction of sp³-hybridized carbons (Fsp3) is 0.192. The number of fused-ring (bicyclic) bond motifs is 1. The molecule has 0 saturated heterocycles. The SMILES string of the molecule is O=C(NCCSCc1ccccc1)c1ccc2c(=O)n(CCc3ccccc3)c(=S)[nH]c2c1. The van der Waals surface area contributed by atoms with Gasteiger partial charge in [-0.05, 0) is 48.0 Å². The van der Waals surface area contributed by atoms with Gasteiger partial charge in [0.1, 0.15) is 0 Å². The standard InChI is InChI=1S/C26H25N3O2S2/c30-24(27-14-16-33-18-20-9-5-2-6-10-20)21-11-12-22-23(17-21)28-26(32)29(25(22)31)15-13-19-7-3-1-4-8-19/h1-12,17H,13-16,18H2,(H,27,30)(H,28,32). The van der Waals surface area contributed by atoms with Crippen molar-refractivity contribution in [3.63, 3.8) is 0 Å². The van der Waals surface area contributed by atoms with E-state index in [1.165, 1.54) is 5.56 Å². The van der Waals surface area contributed by atoms with Crippen molar-refractivity contribution in [2.45, 2.75) is 18.7 Å². The summed E-state index contributed by atoms with van der Waals surface area (Å²) in [6.45, 7) is 1.07.